The van der Waals surface area contributed by atoms with Crippen molar-refractivity contribution < 1.29 is 13.9 Å². The van der Waals surface area contributed by atoms with Gasteiger partial charge in [0.2, 0.25) is 0 Å². The minimum absolute atomic E-state index is 0.233. The number of hydrogen-bond donors (Lipinski definition) is 1. The van der Waals surface area contributed by atoms with Crippen LogP contribution >= 0.6 is 0 Å². The van der Waals surface area contributed by atoms with Crippen molar-refractivity contribution in [3.05, 3.63) is 35.9 Å². The van der Waals surface area contributed by atoms with Crippen LogP contribution in [0.1, 0.15) is 18.4 Å². The van der Waals surface area contributed by atoms with Crippen molar-refractivity contribution in [1.29, 1.82) is 0 Å². The zero-order valence-corrected chi connectivity index (χ0v) is 11.3. The minimum atomic E-state index is -0.432. The summed E-state index contributed by atoms with van der Waals surface area (Å²) in [5, 5.41) is 0. The number of carbonyl (C=O) groups is 1. The van der Waals surface area contributed by atoms with Gasteiger partial charge in [-0.15, -0.1) is 0 Å². The van der Waals surface area contributed by atoms with Gasteiger partial charge in [-0.1, -0.05) is 30.3 Å². The number of halogens is 1. The van der Waals surface area contributed by atoms with Crippen molar-refractivity contribution >= 4 is 6.09 Å². The van der Waals surface area contributed by atoms with E-state index < -0.39 is 23.7 Å². The van der Waals surface area contributed by atoms with E-state index in [9.17, 15) is 9.18 Å². The molecule has 2 heterocycles. The summed E-state index contributed by atoms with van der Waals surface area (Å²) in [5.41, 5.74) is 6.21. The van der Waals surface area contributed by atoms with Gasteiger partial charge in [-0.05, 0) is 18.4 Å². The zero-order chi connectivity index (χ0) is 14.2. The monoisotopic (exact) mass is 278 g/mol. The summed E-state index contributed by atoms with van der Waals surface area (Å²) >= 11 is 0. The molecule has 3 aliphatic rings. The molecular weight excluding hydrogens is 259 g/mol. The fourth-order valence-electron chi connectivity index (χ4n) is 3.58. The molecule has 3 fully saturated rings. The fourth-order valence-corrected chi connectivity index (χ4v) is 3.58. The highest BCUT2D eigenvalue weighted by molar-refractivity contribution is 5.68. The molecule has 5 heteroatoms. The maximum atomic E-state index is 13.1. The van der Waals surface area contributed by atoms with E-state index in [1.165, 1.54) is 0 Å². The molecule has 108 valence electrons. The van der Waals surface area contributed by atoms with Crippen molar-refractivity contribution in [2.45, 2.75) is 25.0 Å². The number of amides is 1. The number of carbonyl (C=O) groups excluding carboxylic acids is 1. The van der Waals surface area contributed by atoms with Crippen LogP contribution in [0.5, 0.6) is 0 Å². The highest BCUT2D eigenvalue weighted by atomic mass is 19.1. The van der Waals surface area contributed by atoms with E-state index in [1.54, 1.807) is 4.90 Å². The SMILES string of the molecule is NC12CN(C(=O)OCc3ccccc3)CC(CF)(C1)C2. The molecule has 1 amide bonds. The molecule has 2 N–H and O–H groups in total. The second kappa shape index (κ2) is 4.74. The standard InChI is InChI=1S/C15H19FN2O2/c16-9-14-7-15(17,8-14)11-18(10-14)13(19)20-6-12-4-2-1-3-5-12/h1-5H,6-11,17H2. The van der Waals surface area contributed by atoms with Crippen molar-refractivity contribution in [3.8, 4) is 0 Å². The Bertz CT molecular complexity index is 500. The van der Waals surface area contributed by atoms with Gasteiger partial charge < -0.3 is 15.4 Å². The van der Waals surface area contributed by atoms with Crippen LogP contribution in [0.4, 0.5) is 9.18 Å². The van der Waals surface area contributed by atoms with E-state index in [1.807, 2.05) is 30.3 Å². The topological polar surface area (TPSA) is 55.6 Å². The highest BCUT2D eigenvalue weighted by Gasteiger charge is 2.59. The van der Waals surface area contributed by atoms with Gasteiger partial charge in [0.15, 0.2) is 0 Å². The van der Waals surface area contributed by atoms with E-state index in [0.717, 1.165) is 5.56 Å². The summed E-state index contributed by atoms with van der Waals surface area (Å²) in [6, 6.07) is 9.49. The lowest BCUT2D eigenvalue weighted by atomic mass is 9.55. The normalized spacial score (nSPS) is 31.6. The number of fused-ring (bicyclic) bond motifs is 2. The van der Waals surface area contributed by atoms with Crippen LogP contribution in [-0.4, -0.2) is 36.3 Å². The summed E-state index contributed by atoms with van der Waals surface area (Å²) in [6.45, 7) is 0.684. The number of piperidine rings is 2. The quantitative estimate of drug-likeness (QED) is 0.921. The maximum absolute atomic E-state index is 13.1. The largest absolute Gasteiger partial charge is 0.445 e. The van der Waals surface area contributed by atoms with Gasteiger partial charge in [0, 0.05) is 24.0 Å². The lowest BCUT2D eigenvalue weighted by Crippen LogP contribution is -2.72. The fraction of sp³-hybridized carbons (Fsp3) is 0.533. The van der Waals surface area contributed by atoms with Crippen molar-refractivity contribution in [2.24, 2.45) is 11.1 Å². The van der Waals surface area contributed by atoms with Gasteiger partial charge in [-0.2, -0.15) is 0 Å². The Balaban J connectivity index is 1.58. The van der Waals surface area contributed by atoms with Crippen molar-refractivity contribution in [2.75, 3.05) is 19.8 Å². The van der Waals surface area contributed by atoms with E-state index in [2.05, 4.69) is 0 Å². The predicted octanol–water partition coefficient (Wildman–Crippen LogP) is 2.09. The Labute approximate surface area is 117 Å². The van der Waals surface area contributed by atoms with Crippen LogP contribution in [0.3, 0.4) is 0 Å². The van der Waals surface area contributed by atoms with Crippen LogP contribution in [0.2, 0.25) is 0 Å². The Morgan fingerprint density at radius 2 is 2.00 bits per heavy atom. The molecule has 0 atom stereocenters. The number of nitrogens with zero attached hydrogens (tertiary/aromatic N) is 1. The second-order valence-electron chi connectivity index (χ2n) is 6.25. The van der Waals surface area contributed by atoms with Gasteiger partial charge >= 0.3 is 6.09 Å². The highest BCUT2D eigenvalue weighted by Crippen LogP contribution is 2.52. The molecule has 20 heavy (non-hydrogen) atoms. The van der Waals surface area contributed by atoms with Gasteiger partial charge in [0.1, 0.15) is 6.61 Å². The molecule has 4 rings (SSSR count). The Morgan fingerprint density at radius 3 is 2.65 bits per heavy atom. The minimum Gasteiger partial charge on any atom is -0.445 e. The van der Waals surface area contributed by atoms with Crippen LogP contribution in [0, 0.1) is 5.41 Å². The summed E-state index contributed by atoms with van der Waals surface area (Å²) < 4.78 is 18.4. The van der Waals surface area contributed by atoms with Crippen LogP contribution in [-0.2, 0) is 11.3 Å². The first-order valence-electron chi connectivity index (χ1n) is 6.85. The third-order valence-corrected chi connectivity index (χ3v) is 4.23. The van der Waals surface area contributed by atoms with Crippen LogP contribution in [0.15, 0.2) is 30.3 Å². The molecule has 2 bridgehead atoms. The molecular formula is C15H19FN2O2. The molecule has 2 aliphatic heterocycles. The number of hydrogen-bond acceptors (Lipinski definition) is 3. The Morgan fingerprint density at radius 1 is 1.30 bits per heavy atom. The lowest BCUT2D eigenvalue weighted by Gasteiger charge is -2.60. The second-order valence-corrected chi connectivity index (χ2v) is 6.25. The summed E-state index contributed by atoms with van der Waals surface area (Å²) in [4.78, 5) is 13.6. The zero-order valence-electron chi connectivity index (χ0n) is 11.3. The smallest absolute Gasteiger partial charge is 0.410 e. The first-order valence-corrected chi connectivity index (χ1v) is 6.85. The van der Waals surface area contributed by atoms with E-state index in [4.69, 9.17) is 10.5 Å². The molecule has 0 spiro atoms. The molecule has 1 aromatic carbocycles. The van der Waals surface area contributed by atoms with Crippen molar-refractivity contribution in [1.82, 2.24) is 4.90 Å². The average Bonchev–Trinajstić information content (AvgIpc) is 2.44. The molecule has 1 saturated carbocycles. The first kappa shape index (κ1) is 13.4. The molecule has 1 aromatic rings. The van der Waals surface area contributed by atoms with Gasteiger partial charge in [0.05, 0.1) is 6.67 Å². The molecule has 1 aliphatic carbocycles. The molecule has 0 unspecified atom stereocenters. The Hall–Kier alpha value is -1.62. The molecule has 0 aromatic heterocycles. The molecule has 2 saturated heterocycles. The molecule has 0 radical (unpaired) electrons. The number of rotatable bonds is 3. The number of benzene rings is 1. The lowest BCUT2D eigenvalue weighted by molar-refractivity contribution is -0.0859. The van der Waals surface area contributed by atoms with Gasteiger partial charge in [-0.3, -0.25) is 4.39 Å². The predicted molar refractivity (Wildman–Crippen MR) is 72.8 cm³/mol. The van der Waals surface area contributed by atoms with Gasteiger partial charge in [0.25, 0.3) is 0 Å². The number of nitrogens with two attached hydrogens (primary N) is 1. The Kier molecular flexibility index (Phi) is 3.17. The number of ether oxygens (including phenoxy) is 1. The third-order valence-electron chi connectivity index (χ3n) is 4.23. The van der Waals surface area contributed by atoms with Crippen LogP contribution in [0.25, 0.3) is 0 Å². The third kappa shape index (κ3) is 2.38. The average molecular weight is 278 g/mol. The molecule has 4 nitrogen and oxygen atoms in total. The first-order chi connectivity index (χ1) is 9.54. The summed E-state index contributed by atoms with van der Waals surface area (Å²) in [6.07, 6.45) is 0.929. The van der Waals surface area contributed by atoms with Gasteiger partial charge in [-0.25, -0.2) is 4.79 Å². The summed E-state index contributed by atoms with van der Waals surface area (Å²) in [7, 11) is 0. The maximum Gasteiger partial charge on any atom is 0.410 e. The van der Waals surface area contributed by atoms with Crippen molar-refractivity contribution in [3.63, 3.8) is 0 Å². The van der Waals surface area contributed by atoms with E-state index >= 15 is 0 Å². The van der Waals surface area contributed by atoms with E-state index in [-0.39, 0.29) is 6.61 Å². The van der Waals surface area contributed by atoms with E-state index in [0.29, 0.717) is 25.9 Å². The number of alkyl halides is 1. The van der Waals surface area contributed by atoms with Crippen LogP contribution < -0.4 is 5.73 Å². The summed E-state index contributed by atoms with van der Waals surface area (Å²) in [5.74, 6) is 0.